The molecule has 3 heterocycles. The number of likely N-dealkylation sites (tertiary alicyclic amines) is 2. The first-order valence-electron chi connectivity index (χ1n) is 8.74. The molecule has 2 fully saturated rings. The topological polar surface area (TPSA) is 23.6 Å². The number of rotatable bonds is 4. The Morgan fingerprint density at radius 2 is 2.00 bits per heavy atom. The van der Waals surface area contributed by atoms with Gasteiger partial charge in [-0.1, -0.05) is 35.9 Å². The zero-order chi connectivity index (χ0) is 16.6. The summed E-state index contributed by atoms with van der Waals surface area (Å²) in [5, 5.41) is 2.13. The van der Waals surface area contributed by atoms with Crippen LogP contribution in [0.4, 0.5) is 0 Å². The van der Waals surface area contributed by atoms with E-state index in [1.165, 1.54) is 16.0 Å². The summed E-state index contributed by atoms with van der Waals surface area (Å²) in [6.45, 7) is 6.73. The second-order valence-electron chi connectivity index (χ2n) is 7.29. The van der Waals surface area contributed by atoms with Gasteiger partial charge in [-0.3, -0.25) is 9.69 Å². The second-order valence-corrected chi connectivity index (χ2v) is 8.32. The van der Waals surface area contributed by atoms with Crippen molar-refractivity contribution >= 4 is 17.2 Å². The maximum absolute atomic E-state index is 13.1. The first kappa shape index (κ1) is 15.9. The third kappa shape index (κ3) is 3.01. The summed E-state index contributed by atoms with van der Waals surface area (Å²) in [7, 11) is 0. The van der Waals surface area contributed by atoms with Gasteiger partial charge in [-0.05, 0) is 43.3 Å². The van der Waals surface area contributed by atoms with E-state index in [9.17, 15) is 4.79 Å². The van der Waals surface area contributed by atoms with E-state index in [0.717, 1.165) is 45.6 Å². The monoisotopic (exact) mass is 340 g/mol. The van der Waals surface area contributed by atoms with Crippen molar-refractivity contribution in [3.05, 3.63) is 57.8 Å². The summed E-state index contributed by atoms with van der Waals surface area (Å²) < 4.78 is 0. The first-order valence-corrected chi connectivity index (χ1v) is 9.62. The molecule has 2 saturated heterocycles. The number of thiophene rings is 1. The molecule has 0 saturated carbocycles. The van der Waals surface area contributed by atoms with Crippen LogP contribution in [-0.2, 0) is 17.9 Å². The highest BCUT2D eigenvalue weighted by atomic mass is 32.1. The number of aryl methyl sites for hydroxylation is 1. The number of hydrogen-bond acceptors (Lipinski definition) is 3. The molecule has 126 valence electrons. The summed E-state index contributed by atoms with van der Waals surface area (Å²) >= 11 is 1.81. The van der Waals surface area contributed by atoms with Gasteiger partial charge in [-0.15, -0.1) is 11.3 Å². The molecule has 2 aromatic rings. The fourth-order valence-electron chi connectivity index (χ4n) is 4.17. The number of hydrogen-bond donors (Lipinski definition) is 0. The van der Waals surface area contributed by atoms with E-state index in [0.29, 0.717) is 5.91 Å². The van der Waals surface area contributed by atoms with Gasteiger partial charge in [0.1, 0.15) is 0 Å². The molecule has 1 aromatic heterocycles. The summed E-state index contributed by atoms with van der Waals surface area (Å²) in [4.78, 5) is 19.0. The minimum Gasteiger partial charge on any atom is -0.338 e. The van der Waals surface area contributed by atoms with E-state index in [2.05, 4.69) is 58.5 Å². The smallest absolute Gasteiger partial charge is 0.230 e. The van der Waals surface area contributed by atoms with Gasteiger partial charge in [0, 0.05) is 31.1 Å². The Morgan fingerprint density at radius 1 is 1.12 bits per heavy atom. The molecule has 2 aliphatic heterocycles. The lowest BCUT2D eigenvalue weighted by Crippen LogP contribution is -2.36. The predicted molar refractivity (Wildman–Crippen MR) is 97.9 cm³/mol. The fourth-order valence-corrected chi connectivity index (χ4v) is 4.92. The Kier molecular flexibility index (Phi) is 4.19. The fraction of sp³-hybridized carbons (Fsp3) is 0.450. The van der Waals surface area contributed by atoms with Crippen molar-refractivity contribution < 1.29 is 4.79 Å². The van der Waals surface area contributed by atoms with Crippen LogP contribution < -0.4 is 0 Å². The molecule has 0 bridgehead atoms. The van der Waals surface area contributed by atoms with E-state index in [-0.39, 0.29) is 5.41 Å². The Bertz CT molecular complexity index is 727. The second kappa shape index (κ2) is 6.34. The molecule has 3 nitrogen and oxygen atoms in total. The third-order valence-electron chi connectivity index (χ3n) is 5.45. The number of carbonyl (C=O) groups excluding carboxylic acids is 1. The SMILES string of the molecule is Cc1cccc(CN2CC[C@@]3(CCN(Cc4cccs4)C3)C2=O)c1. The van der Waals surface area contributed by atoms with Crippen LogP contribution in [0.2, 0.25) is 0 Å². The molecular formula is C20H24N2OS. The van der Waals surface area contributed by atoms with Crippen LogP contribution in [-0.4, -0.2) is 35.3 Å². The lowest BCUT2D eigenvalue weighted by molar-refractivity contribution is -0.136. The molecular weight excluding hydrogens is 316 g/mol. The minimum atomic E-state index is -0.124. The van der Waals surface area contributed by atoms with Gasteiger partial charge in [-0.2, -0.15) is 0 Å². The molecule has 1 atom stereocenters. The Balaban J connectivity index is 1.41. The Labute approximate surface area is 147 Å². The number of amides is 1. The largest absolute Gasteiger partial charge is 0.338 e. The lowest BCUT2D eigenvalue weighted by Gasteiger charge is -2.23. The summed E-state index contributed by atoms with van der Waals surface area (Å²) in [5.74, 6) is 0.373. The van der Waals surface area contributed by atoms with Crippen LogP contribution in [0.15, 0.2) is 41.8 Å². The molecule has 1 spiro atoms. The Morgan fingerprint density at radius 3 is 2.79 bits per heavy atom. The van der Waals surface area contributed by atoms with Crippen LogP contribution in [0.25, 0.3) is 0 Å². The normalized spacial score (nSPS) is 24.4. The predicted octanol–water partition coefficient (Wildman–Crippen LogP) is 3.68. The standard InChI is InChI=1S/C20H24N2OS/c1-16-4-2-5-17(12-16)13-22-10-8-20(19(22)23)7-9-21(15-20)14-18-6-3-11-24-18/h2-6,11-12H,7-10,13-15H2,1H3/t20-/m1/s1. The molecule has 0 radical (unpaired) electrons. The van der Waals surface area contributed by atoms with Crippen LogP contribution in [0, 0.1) is 12.3 Å². The van der Waals surface area contributed by atoms with Crippen molar-refractivity contribution in [2.45, 2.75) is 32.9 Å². The van der Waals surface area contributed by atoms with Crippen molar-refractivity contribution in [3.63, 3.8) is 0 Å². The number of nitrogens with zero attached hydrogens (tertiary/aromatic N) is 2. The molecule has 1 aromatic carbocycles. The average molecular weight is 340 g/mol. The highest BCUT2D eigenvalue weighted by Crippen LogP contribution is 2.41. The molecule has 4 heteroatoms. The van der Waals surface area contributed by atoms with Gasteiger partial charge in [0.2, 0.25) is 5.91 Å². The zero-order valence-corrected chi connectivity index (χ0v) is 15.0. The summed E-state index contributed by atoms with van der Waals surface area (Å²) in [6, 6.07) is 12.8. The maximum atomic E-state index is 13.1. The first-order chi connectivity index (χ1) is 11.6. The van der Waals surface area contributed by atoms with Crippen molar-refractivity contribution in [2.75, 3.05) is 19.6 Å². The van der Waals surface area contributed by atoms with E-state index in [1.807, 2.05) is 11.3 Å². The van der Waals surface area contributed by atoms with Gasteiger partial charge in [0.25, 0.3) is 0 Å². The summed E-state index contributed by atoms with van der Waals surface area (Å²) in [5.41, 5.74) is 2.38. The van der Waals surface area contributed by atoms with Gasteiger partial charge >= 0.3 is 0 Å². The van der Waals surface area contributed by atoms with Crippen molar-refractivity contribution in [3.8, 4) is 0 Å². The van der Waals surface area contributed by atoms with Crippen LogP contribution in [0.3, 0.4) is 0 Å². The molecule has 24 heavy (non-hydrogen) atoms. The minimum absolute atomic E-state index is 0.124. The maximum Gasteiger partial charge on any atom is 0.230 e. The molecule has 1 amide bonds. The van der Waals surface area contributed by atoms with Gasteiger partial charge < -0.3 is 4.90 Å². The highest BCUT2D eigenvalue weighted by Gasteiger charge is 2.50. The van der Waals surface area contributed by atoms with E-state index in [4.69, 9.17) is 0 Å². The third-order valence-corrected chi connectivity index (χ3v) is 6.31. The summed E-state index contributed by atoms with van der Waals surface area (Å²) in [6.07, 6.45) is 2.03. The molecule has 4 rings (SSSR count). The van der Waals surface area contributed by atoms with Crippen molar-refractivity contribution in [2.24, 2.45) is 5.41 Å². The van der Waals surface area contributed by atoms with Gasteiger partial charge in [0.15, 0.2) is 0 Å². The lowest BCUT2D eigenvalue weighted by atomic mass is 9.85. The van der Waals surface area contributed by atoms with Crippen LogP contribution in [0.1, 0.15) is 28.8 Å². The van der Waals surface area contributed by atoms with Crippen molar-refractivity contribution in [1.82, 2.24) is 9.80 Å². The number of carbonyl (C=O) groups is 1. The van der Waals surface area contributed by atoms with E-state index < -0.39 is 0 Å². The van der Waals surface area contributed by atoms with Crippen LogP contribution in [0.5, 0.6) is 0 Å². The van der Waals surface area contributed by atoms with E-state index >= 15 is 0 Å². The van der Waals surface area contributed by atoms with Crippen molar-refractivity contribution in [1.29, 1.82) is 0 Å². The molecule has 0 aliphatic carbocycles. The van der Waals surface area contributed by atoms with Gasteiger partial charge in [-0.25, -0.2) is 0 Å². The van der Waals surface area contributed by atoms with Gasteiger partial charge in [0.05, 0.1) is 5.41 Å². The number of benzene rings is 1. The Hall–Kier alpha value is -1.65. The van der Waals surface area contributed by atoms with E-state index in [1.54, 1.807) is 0 Å². The quantitative estimate of drug-likeness (QED) is 0.848. The van der Waals surface area contributed by atoms with Crippen LogP contribution >= 0.6 is 11.3 Å². The highest BCUT2D eigenvalue weighted by molar-refractivity contribution is 7.09. The molecule has 0 unspecified atom stereocenters. The molecule has 0 N–H and O–H groups in total. The zero-order valence-electron chi connectivity index (χ0n) is 14.2. The molecule has 2 aliphatic rings. The average Bonchev–Trinajstić information content (AvgIpc) is 3.27.